The van der Waals surface area contributed by atoms with Crippen molar-refractivity contribution in [2.45, 2.75) is 32.2 Å². The lowest BCUT2D eigenvalue weighted by atomic mass is 10.0. The van der Waals surface area contributed by atoms with E-state index in [1.807, 2.05) is 0 Å². The van der Waals surface area contributed by atoms with Crippen LogP contribution < -0.4 is 11.1 Å². The number of nitrogens with one attached hydrogen (secondary N) is 1. The Morgan fingerprint density at radius 2 is 2.00 bits per heavy atom. The van der Waals surface area contributed by atoms with Gasteiger partial charge in [0.05, 0.1) is 13.5 Å². The Morgan fingerprint density at radius 1 is 1.39 bits per heavy atom. The van der Waals surface area contributed by atoms with Crippen LogP contribution in [-0.4, -0.2) is 42.6 Å². The highest BCUT2D eigenvalue weighted by Crippen LogP contribution is 2.06. The van der Waals surface area contributed by atoms with Crippen LogP contribution in [0.4, 0.5) is 0 Å². The largest absolute Gasteiger partial charge is 0.480 e. The number of nitrogens with two attached hydrogens (primary N) is 1. The first-order valence-corrected chi connectivity index (χ1v) is 5.72. The van der Waals surface area contributed by atoms with Crippen molar-refractivity contribution in [1.29, 1.82) is 0 Å². The standard InChI is InChI=1S/C11H20N2O5/c1-7(4-3-5-12)10(15)13-8(11(16)17)6-9(14)18-2/h7-8H,3-6,12H2,1-2H3,(H,13,15)(H,16,17)/t7?,8-/m0/s1. The number of methoxy groups -OCH3 is 1. The highest BCUT2D eigenvalue weighted by Gasteiger charge is 2.25. The highest BCUT2D eigenvalue weighted by atomic mass is 16.5. The molecule has 7 heteroatoms. The lowest BCUT2D eigenvalue weighted by Gasteiger charge is -2.16. The Hall–Kier alpha value is -1.63. The molecule has 0 saturated heterocycles. The summed E-state index contributed by atoms with van der Waals surface area (Å²) < 4.78 is 4.37. The van der Waals surface area contributed by atoms with E-state index < -0.39 is 23.9 Å². The first-order chi connectivity index (χ1) is 8.42. The third kappa shape index (κ3) is 6.19. The van der Waals surface area contributed by atoms with Crippen LogP contribution in [0.3, 0.4) is 0 Å². The monoisotopic (exact) mass is 260 g/mol. The van der Waals surface area contributed by atoms with Crippen molar-refractivity contribution in [3.05, 3.63) is 0 Å². The minimum Gasteiger partial charge on any atom is -0.480 e. The van der Waals surface area contributed by atoms with Gasteiger partial charge in [0.1, 0.15) is 6.04 Å². The van der Waals surface area contributed by atoms with Gasteiger partial charge >= 0.3 is 11.9 Å². The van der Waals surface area contributed by atoms with Crippen LogP contribution in [0.2, 0.25) is 0 Å². The SMILES string of the molecule is COC(=O)C[C@H](NC(=O)C(C)CCCN)C(=O)O. The van der Waals surface area contributed by atoms with Crippen LogP contribution in [0.5, 0.6) is 0 Å². The van der Waals surface area contributed by atoms with E-state index in [1.165, 1.54) is 0 Å². The minimum absolute atomic E-state index is 0.340. The quantitative estimate of drug-likeness (QED) is 0.506. The number of ether oxygens (including phenoxy) is 1. The average molecular weight is 260 g/mol. The third-order valence-corrected chi connectivity index (χ3v) is 2.50. The van der Waals surface area contributed by atoms with E-state index in [1.54, 1.807) is 6.92 Å². The van der Waals surface area contributed by atoms with Crippen LogP contribution in [0.15, 0.2) is 0 Å². The zero-order chi connectivity index (χ0) is 14.1. The van der Waals surface area contributed by atoms with E-state index in [0.717, 1.165) is 7.11 Å². The molecule has 0 radical (unpaired) electrons. The molecule has 0 rings (SSSR count). The fourth-order valence-electron chi connectivity index (χ4n) is 1.32. The van der Waals surface area contributed by atoms with Gasteiger partial charge in [0.2, 0.25) is 5.91 Å². The summed E-state index contributed by atoms with van der Waals surface area (Å²) in [6.07, 6.45) is 0.872. The Bertz CT molecular complexity index is 306. The maximum absolute atomic E-state index is 11.7. The van der Waals surface area contributed by atoms with Crippen molar-refractivity contribution in [2.75, 3.05) is 13.7 Å². The number of carbonyl (C=O) groups excluding carboxylic acids is 2. The predicted octanol–water partition coefficient (Wildman–Crippen LogP) is -0.506. The molecule has 0 heterocycles. The molecule has 0 aromatic heterocycles. The fraction of sp³-hybridized carbons (Fsp3) is 0.727. The fourth-order valence-corrected chi connectivity index (χ4v) is 1.32. The van der Waals surface area contributed by atoms with Crippen LogP contribution in [0, 0.1) is 5.92 Å². The van der Waals surface area contributed by atoms with Crippen molar-refractivity contribution in [2.24, 2.45) is 11.7 Å². The van der Waals surface area contributed by atoms with Crippen molar-refractivity contribution >= 4 is 17.8 Å². The molecule has 0 spiro atoms. The van der Waals surface area contributed by atoms with Crippen molar-refractivity contribution in [3.8, 4) is 0 Å². The summed E-state index contributed by atoms with van der Waals surface area (Å²) in [6, 6.07) is -1.26. The maximum atomic E-state index is 11.7. The first-order valence-electron chi connectivity index (χ1n) is 5.72. The lowest BCUT2D eigenvalue weighted by molar-refractivity contribution is -0.149. The molecule has 104 valence electrons. The zero-order valence-electron chi connectivity index (χ0n) is 10.6. The molecule has 0 aliphatic rings. The summed E-state index contributed by atoms with van der Waals surface area (Å²) in [5, 5.41) is 11.2. The average Bonchev–Trinajstić information content (AvgIpc) is 2.34. The molecule has 0 aromatic carbocycles. The van der Waals surface area contributed by atoms with Gasteiger partial charge in [-0.25, -0.2) is 4.79 Å². The van der Waals surface area contributed by atoms with Crippen molar-refractivity contribution in [1.82, 2.24) is 5.32 Å². The van der Waals surface area contributed by atoms with E-state index >= 15 is 0 Å². The van der Waals surface area contributed by atoms with Crippen LogP contribution in [0.25, 0.3) is 0 Å². The lowest BCUT2D eigenvalue weighted by Crippen LogP contribution is -2.44. The van der Waals surface area contributed by atoms with Gasteiger partial charge in [-0.15, -0.1) is 0 Å². The topological polar surface area (TPSA) is 119 Å². The van der Waals surface area contributed by atoms with E-state index in [0.29, 0.717) is 19.4 Å². The van der Waals surface area contributed by atoms with Gasteiger partial charge < -0.3 is 20.9 Å². The number of carboxylic acid groups (broad SMARTS) is 1. The number of carboxylic acids is 1. The summed E-state index contributed by atoms with van der Waals surface area (Å²) >= 11 is 0. The Labute approximate surface area is 106 Å². The summed E-state index contributed by atoms with van der Waals surface area (Å²) in [6.45, 7) is 2.16. The molecule has 4 N–H and O–H groups in total. The molecule has 0 aromatic rings. The molecule has 0 aliphatic heterocycles. The van der Waals surface area contributed by atoms with Gasteiger partial charge in [0, 0.05) is 5.92 Å². The molecule has 0 fully saturated rings. The van der Waals surface area contributed by atoms with E-state index in [9.17, 15) is 14.4 Å². The molecule has 2 atom stereocenters. The molecular weight excluding hydrogens is 240 g/mol. The van der Waals surface area contributed by atoms with Crippen LogP contribution in [-0.2, 0) is 19.1 Å². The summed E-state index contributed by atoms with van der Waals surface area (Å²) in [7, 11) is 1.16. The predicted molar refractivity (Wildman–Crippen MR) is 63.7 cm³/mol. The van der Waals surface area contributed by atoms with E-state index in [2.05, 4.69) is 10.1 Å². The molecule has 7 nitrogen and oxygen atoms in total. The molecule has 0 bridgehead atoms. The Morgan fingerprint density at radius 3 is 2.44 bits per heavy atom. The van der Waals surface area contributed by atoms with Gasteiger partial charge in [0.15, 0.2) is 0 Å². The molecule has 0 saturated carbocycles. The second-order valence-electron chi connectivity index (χ2n) is 4.01. The Kier molecular flexibility index (Phi) is 7.69. The minimum atomic E-state index is -1.26. The second kappa shape index (κ2) is 8.46. The van der Waals surface area contributed by atoms with Gasteiger partial charge in [-0.2, -0.15) is 0 Å². The molecule has 1 amide bonds. The summed E-state index contributed by atoms with van der Waals surface area (Å²) in [5.41, 5.74) is 5.32. The molecule has 0 aliphatic carbocycles. The van der Waals surface area contributed by atoms with Gasteiger partial charge in [-0.05, 0) is 19.4 Å². The second-order valence-corrected chi connectivity index (χ2v) is 4.01. The number of carbonyl (C=O) groups is 3. The maximum Gasteiger partial charge on any atom is 0.326 e. The highest BCUT2D eigenvalue weighted by molar-refractivity contribution is 5.87. The van der Waals surface area contributed by atoms with E-state index in [4.69, 9.17) is 10.8 Å². The van der Waals surface area contributed by atoms with E-state index in [-0.39, 0.29) is 12.3 Å². The molecule has 18 heavy (non-hydrogen) atoms. The number of esters is 1. The number of hydrogen-bond donors (Lipinski definition) is 3. The van der Waals surface area contributed by atoms with Crippen LogP contribution in [0.1, 0.15) is 26.2 Å². The third-order valence-electron chi connectivity index (χ3n) is 2.50. The van der Waals surface area contributed by atoms with Crippen LogP contribution >= 0.6 is 0 Å². The normalized spacial score (nSPS) is 13.5. The first kappa shape index (κ1) is 16.4. The zero-order valence-corrected chi connectivity index (χ0v) is 10.6. The number of rotatable bonds is 8. The Balaban J connectivity index is 4.35. The number of amides is 1. The van der Waals surface area contributed by atoms with Crippen molar-refractivity contribution < 1.29 is 24.2 Å². The number of aliphatic carboxylic acids is 1. The molecular formula is C11H20N2O5. The summed E-state index contributed by atoms with van der Waals surface area (Å²) in [4.78, 5) is 33.5. The molecule has 1 unspecified atom stereocenters. The smallest absolute Gasteiger partial charge is 0.326 e. The number of hydrogen-bond acceptors (Lipinski definition) is 5. The van der Waals surface area contributed by atoms with Crippen molar-refractivity contribution in [3.63, 3.8) is 0 Å². The summed E-state index contributed by atoms with van der Waals surface area (Å²) in [5.74, 6) is -2.69. The van der Waals surface area contributed by atoms with Gasteiger partial charge in [-0.1, -0.05) is 6.92 Å². The van der Waals surface area contributed by atoms with Gasteiger partial charge in [0.25, 0.3) is 0 Å². The van der Waals surface area contributed by atoms with Gasteiger partial charge in [-0.3, -0.25) is 9.59 Å².